The van der Waals surface area contributed by atoms with Gasteiger partial charge in [0.15, 0.2) is 5.76 Å². The molecule has 0 saturated carbocycles. The molecule has 1 aromatic rings. The van der Waals surface area contributed by atoms with Crippen molar-refractivity contribution in [3.8, 4) is 0 Å². The first-order chi connectivity index (χ1) is 13.7. The summed E-state index contributed by atoms with van der Waals surface area (Å²) in [5.41, 5.74) is 0. The van der Waals surface area contributed by atoms with Gasteiger partial charge in [0, 0.05) is 38.2 Å². The van der Waals surface area contributed by atoms with Crippen molar-refractivity contribution in [3.05, 3.63) is 24.2 Å². The van der Waals surface area contributed by atoms with Crippen molar-refractivity contribution in [1.29, 1.82) is 0 Å². The summed E-state index contributed by atoms with van der Waals surface area (Å²) in [7, 11) is 0. The lowest BCUT2D eigenvalue weighted by Crippen LogP contribution is -2.50. The van der Waals surface area contributed by atoms with Gasteiger partial charge < -0.3 is 24.3 Å². The summed E-state index contributed by atoms with van der Waals surface area (Å²) >= 11 is 0. The van der Waals surface area contributed by atoms with Gasteiger partial charge in [-0.2, -0.15) is 0 Å². The number of likely N-dealkylation sites (tertiary alicyclic amines) is 2. The van der Waals surface area contributed by atoms with E-state index in [0.717, 1.165) is 71.3 Å². The minimum absolute atomic E-state index is 0.00919. The molecule has 3 fully saturated rings. The molecule has 1 unspecified atom stereocenters. The Morgan fingerprint density at radius 1 is 1.07 bits per heavy atom. The van der Waals surface area contributed by atoms with Gasteiger partial charge in [-0.3, -0.25) is 9.59 Å². The van der Waals surface area contributed by atoms with Gasteiger partial charge in [0.1, 0.15) is 0 Å². The van der Waals surface area contributed by atoms with E-state index in [1.165, 1.54) is 0 Å². The average molecular weight is 389 g/mol. The summed E-state index contributed by atoms with van der Waals surface area (Å²) in [5.74, 6) is 0.727. The fraction of sp³-hybridized carbons (Fsp3) is 0.714. The molecule has 7 nitrogen and oxygen atoms in total. The maximum absolute atomic E-state index is 12.4. The lowest BCUT2D eigenvalue weighted by molar-refractivity contribution is -0.127. The van der Waals surface area contributed by atoms with Crippen LogP contribution in [0.1, 0.15) is 49.1 Å². The van der Waals surface area contributed by atoms with E-state index in [9.17, 15) is 9.59 Å². The Labute approximate surface area is 166 Å². The number of nitrogens with one attached hydrogen (secondary N) is 1. The van der Waals surface area contributed by atoms with Crippen molar-refractivity contribution in [1.82, 2.24) is 15.1 Å². The normalized spacial score (nSPS) is 25.1. The third kappa shape index (κ3) is 4.58. The molecular weight excluding hydrogens is 358 g/mol. The Hall–Kier alpha value is -1.86. The summed E-state index contributed by atoms with van der Waals surface area (Å²) in [5, 5.41) is 3.08. The number of hydrogen-bond acceptors (Lipinski definition) is 5. The number of carbonyl (C=O) groups excluding carboxylic acids is 2. The maximum atomic E-state index is 12.4. The monoisotopic (exact) mass is 389 g/mol. The van der Waals surface area contributed by atoms with Gasteiger partial charge in [-0.15, -0.1) is 0 Å². The largest absolute Gasteiger partial charge is 0.459 e. The Balaban J connectivity index is 1.17. The van der Waals surface area contributed by atoms with Crippen LogP contribution >= 0.6 is 0 Å². The second kappa shape index (κ2) is 9.09. The molecule has 4 rings (SSSR count). The van der Waals surface area contributed by atoms with Gasteiger partial charge in [-0.25, -0.2) is 0 Å². The Morgan fingerprint density at radius 2 is 1.86 bits per heavy atom. The fourth-order valence-corrected chi connectivity index (χ4v) is 4.68. The van der Waals surface area contributed by atoms with Gasteiger partial charge in [-0.05, 0) is 63.7 Å². The Bertz CT molecular complexity index is 641. The second-order valence-electron chi connectivity index (χ2n) is 8.19. The number of ether oxygens (including phenoxy) is 1. The van der Waals surface area contributed by atoms with E-state index in [1.807, 2.05) is 4.90 Å². The topological polar surface area (TPSA) is 75.0 Å². The first-order valence-corrected chi connectivity index (χ1v) is 10.7. The van der Waals surface area contributed by atoms with E-state index in [0.29, 0.717) is 18.3 Å². The number of amides is 2. The minimum atomic E-state index is -0.00919. The summed E-state index contributed by atoms with van der Waals surface area (Å²) in [6.07, 6.45) is 7.72. The SMILES string of the molecule is O=C(NCC1CCCO1)C1CCN(C2CCN(C(=O)c3ccco3)CC2)CC1. The molecule has 0 aliphatic carbocycles. The molecule has 0 spiro atoms. The van der Waals surface area contributed by atoms with Gasteiger partial charge >= 0.3 is 0 Å². The fourth-order valence-electron chi connectivity index (χ4n) is 4.68. The first kappa shape index (κ1) is 19.5. The molecule has 1 atom stereocenters. The Morgan fingerprint density at radius 3 is 2.50 bits per heavy atom. The van der Waals surface area contributed by atoms with Crippen LogP contribution in [0.4, 0.5) is 0 Å². The number of carbonyl (C=O) groups is 2. The predicted octanol–water partition coefficient (Wildman–Crippen LogP) is 1.89. The number of hydrogen-bond donors (Lipinski definition) is 1. The maximum Gasteiger partial charge on any atom is 0.289 e. The molecule has 3 aliphatic heterocycles. The summed E-state index contributed by atoms with van der Waals surface area (Å²) in [4.78, 5) is 29.2. The molecule has 2 amide bonds. The number of piperidine rings is 2. The van der Waals surface area contributed by atoms with E-state index in [-0.39, 0.29) is 23.8 Å². The highest BCUT2D eigenvalue weighted by molar-refractivity contribution is 5.91. The highest BCUT2D eigenvalue weighted by Crippen LogP contribution is 2.25. The van der Waals surface area contributed by atoms with Gasteiger partial charge in [0.05, 0.1) is 12.4 Å². The zero-order valence-corrected chi connectivity index (χ0v) is 16.5. The zero-order chi connectivity index (χ0) is 19.3. The van der Waals surface area contributed by atoms with E-state index >= 15 is 0 Å². The second-order valence-corrected chi connectivity index (χ2v) is 8.19. The van der Waals surface area contributed by atoms with Crippen molar-refractivity contribution < 1.29 is 18.7 Å². The minimum Gasteiger partial charge on any atom is -0.459 e. The standard InChI is InChI=1S/C21H31N3O4/c25-20(22-15-18-3-1-13-27-18)16-5-9-23(10-6-16)17-7-11-24(12-8-17)21(26)19-4-2-14-28-19/h2,4,14,16-18H,1,3,5-13,15H2,(H,22,25). The van der Waals surface area contributed by atoms with Crippen molar-refractivity contribution >= 4 is 11.8 Å². The molecule has 3 saturated heterocycles. The molecule has 0 bridgehead atoms. The highest BCUT2D eigenvalue weighted by atomic mass is 16.5. The van der Waals surface area contributed by atoms with E-state index in [1.54, 1.807) is 18.4 Å². The van der Waals surface area contributed by atoms with Crippen LogP contribution in [0.2, 0.25) is 0 Å². The van der Waals surface area contributed by atoms with Gasteiger partial charge in [0.2, 0.25) is 5.91 Å². The first-order valence-electron chi connectivity index (χ1n) is 10.7. The summed E-state index contributed by atoms with van der Waals surface area (Å²) in [6, 6.07) is 3.99. The molecule has 1 aromatic heterocycles. The molecule has 0 aromatic carbocycles. The molecule has 0 radical (unpaired) electrons. The number of nitrogens with zero attached hydrogens (tertiary/aromatic N) is 2. The quantitative estimate of drug-likeness (QED) is 0.832. The average Bonchev–Trinajstić information content (AvgIpc) is 3.46. The molecule has 1 N–H and O–H groups in total. The molecule has 7 heteroatoms. The number of furan rings is 1. The van der Waals surface area contributed by atoms with Gasteiger partial charge in [-0.1, -0.05) is 0 Å². The van der Waals surface area contributed by atoms with Gasteiger partial charge in [0.25, 0.3) is 5.91 Å². The third-order valence-electron chi connectivity index (χ3n) is 6.43. The van der Waals surface area contributed by atoms with Crippen LogP contribution < -0.4 is 5.32 Å². The van der Waals surface area contributed by atoms with Crippen LogP contribution in [0, 0.1) is 5.92 Å². The van der Waals surface area contributed by atoms with Crippen molar-refractivity contribution in [2.45, 2.75) is 50.7 Å². The van der Waals surface area contributed by atoms with E-state index in [2.05, 4.69) is 10.2 Å². The molecule has 28 heavy (non-hydrogen) atoms. The number of rotatable bonds is 5. The highest BCUT2D eigenvalue weighted by Gasteiger charge is 2.32. The molecular formula is C21H31N3O4. The smallest absolute Gasteiger partial charge is 0.289 e. The van der Waals surface area contributed by atoms with Crippen molar-refractivity contribution in [2.24, 2.45) is 5.92 Å². The molecule has 4 heterocycles. The third-order valence-corrected chi connectivity index (χ3v) is 6.43. The van der Waals surface area contributed by atoms with Crippen LogP contribution in [-0.4, -0.2) is 73.1 Å². The van der Waals surface area contributed by atoms with Crippen molar-refractivity contribution in [2.75, 3.05) is 39.3 Å². The van der Waals surface area contributed by atoms with E-state index in [4.69, 9.17) is 9.15 Å². The van der Waals surface area contributed by atoms with E-state index < -0.39 is 0 Å². The van der Waals surface area contributed by atoms with Crippen LogP contribution in [0.15, 0.2) is 22.8 Å². The van der Waals surface area contributed by atoms with Crippen LogP contribution in [-0.2, 0) is 9.53 Å². The van der Waals surface area contributed by atoms with Crippen molar-refractivity contribution in [3.63, 3.8) is 0 Å². The Kier molecular flexibility index (Phi) is 6.32. The lowest BCUT2D eigenvalue weighted by Gasteiger charge is -2.41. The zero-order valence-electron chi connectivity index (χ0n) is 16.5. The van der Waals surface area contributed by atoms with Crippen LogP contribution in [0.25, 0.3) is 0 Å². The van der Waals surface area contributed by atoms with Crippen LogP contribution in [0.5, 0.6) is 0 Å². The molecule has 154 valence electrons. The summed E-state index contributed by atoms with van der Waals surface area (Å²) in [6.45, 7) is 4.95. The van der Waals surface area contributed by atoms with Crippen LogP contribution in [0.3, 0.4) is 0 Å². The summed E-state index contributed by atoms with van der Waals surface area (Å²) < 4.78 is 10.8. The predicted molar refractivity (Wildman–Crippen MR) is 104 cm³/mol. The molecule has 3 aliphatic rings. The lowest BCUT2D eigenvalue weighted by atomic mass is 9.92.